The fourth-order valence-electron chi connectivity index (χ4n) is 2.23. The quantitative estimate of drug-likeness (QED) is 0.638. The highest BCUT2D eigenvalue weighted by Gasteiger charge is 2.16. The van der Waals surface area contributed by atoms with Crippen LogP contribution in [0.1, 0.15) is 64.7 Å². The zero-order valence-corrected chi connectivity index (χ0v) is 11.0. The Balaban J connectivity index is 1.90. The van der Waals surface area contributed by atoms with Gasteiger partial charge in [0.15, 0.2) is 0 Å². The Kier molecular flexibility index (Phi) is 7.54. The molecule has 90 valence electrons. The summed E-state index contributed by atoms with van der Waals surface area (Å²) in [6.07, 6.45) is 12.4. The lowest BCUT2D eigenvalue weighted by Crippen LogP contribution is -2.23. The first kappa shape index (κ1) is 13.4. The van der Waals surface area contributed by atoms with Gasteiger partial charge in [-0.15, -0.1) is 0 Å². The highest BCUT2D eigenvalue weighted by molar-refractivity contribution is 7.99. The van der Waals surface area contributed by atoms with Gasteiger partial charge in [0.2, 0.25) is 0 Å². The van der Waals surface area contributed by atoms with E-state index in [0.717, 1.165) is 5.25 Å². The van der Waals surface area contributed by atoms with Gasteiger partial charge < -0.3 is 5.73 Å². The van der Waals surface area contributed by atoms with Crippen LogP contribution in [0, 0.1) is 0 Å². The third-order valence-corrected chi connectivity index (χ3v) is 4.84. The summed E-state index contributed by atoms with van der Waals surface area (Å²) in [6, 6.07) is 0.451. The second-order valence-corrected chi connectivity index (χ2v) is 6.18. The molecular formula is C13H27NS. The molecule has 0 aromatic rings. The summed E-state index contributed by atoms with van der Waals surface area (Å²) >= 11 is 2.13. The van der Waals surface area contributed by atoms with Crippen LogP contribution >= 0.6 is 11.8 Å². The third-order valence-electron chi connectivity index (χ3n) is 3.28. The van der Waals surface area contributed by atoms with Crippen molar-refractivity contribution in [3.63, 3.8) is 0 Å². The average Bonchev–Trinajstić information content (AvgIpc) is 2.74. The van der Waals surface area contributed by atoms with Crippen molar-refractivity contribution in [1.29, 1.82) is 0 Å². The molecule has 1 aliphatic carbocycles. The minimum atomic E-state index is 0.451. The zero-order chi connectivity index (χ0) is 10.9. The van der Waals surface area contributed by atoms with Gasteiger partial charge in [0.25, 0.3) is 0 Å². The molecule has 0 heterocycles. The van der Waals surface area contributed by atoms with Gasteiger partial charge in [-0.2, -0.15) is 11.8 Å². The van der Waals surface area contributed by atoms with E-state index in [9.17, 15) is 0 Å². The maximum Gasteiger partial charge on any atom is 0.0130 e. The maximum absolute atomic E-state index is 6.11. The van der Waals surface area contributed by atoms with E-state index >= 15 is 0 Å². The summed E-state index contributed by atoms with van der Waals surface area (Å²) in [4.78, 5) is 0. The summed E-state index contributed by atoms with van der Waals surface area (Å²) in [6.45, 7) is 2.26. The lowest BCUT2D eigenvalue weighted by atomic mass is 10.1. The average molecular weight is 229 g/mol. The SMILES string of the molecule is CCCCCCC(N)CSC1CCCC1. The van der Waals surface area contributed by atoms with E-state index in [1.807, 2.05) is 0 Å². The van der Waals surface area contributed by atoms with Crippen molar-refractivity contribution in [2.75, 3.05) is 5.75 Å². The molecule has 0 spiro atoms. The Bertz CT molecular complexity index is 143. The molecule has 1 rings (SSSR count). The van der Waals surface area contributed by atoms with Crippen molar-refractivity contribution in [3.05, 3.63) is 0 Å². The molecule has 15 heavy (non-hydrogen) atoms. The Morgan fingerprint density at radius 3 is 2.60 bits per heavy atom. The molecule has 1 atom stereocenters. The molecular weight excluding hydrogens is 202 g/mol. The standard InChI is InChI=1S/C13H27NS/c1-2-3-4-5-8-12(14)11-15-13-9-6-7-10-13/h12-13H,2-11,14H2,1H3. The number of unbranched alkanes of at least 4 members (excludes halogenated alkanes) is 3. The number of hydrogen-bond donors (Lipinski definition) is 1. The Hall–Kier alpha value is 0.310. The van der Waals surface area contributed by atoms with Crippen molar-refractivity contribution in [3.8, 4) is 0 Å². The van der Waals surface area contributed by atoms with E-state index in [-0.39, 0.29) is 0 Å². The van der Waals surface area contributed by atoms with E-state index in [4.69, 9.17) is 5.73 Å². The van der Waals surface area contributed by atoms with Crippen molar-refractivity contribution in [1.82, 2.24) is 0 Å². The molecule has 1 fully saturated rings. The van der Waals surface area contributed by atoms with Crippen molar-refractivity contribution in [2.24, 2.45) is 5.73 Å². The molecule has 1 nitrogen and oxygen atoms in total. The topological polar surface area (TPSA) is 26.0 Å². The van der Waals surface area contributed by atoms with Gasteiger partial charge >= 0.3 is 0 Å². The Morgan fingerprint density at radius 1 is 1.20 bits per heavy atom. The first-order valence-corrected chi connectivity index (χ1v) is 7.75. The molecule has 1 aliphatic rings. The number of thioether (sulfide) groups is 1. The maximum atomic E-state index is 6.11. The molecule has 1 saturated carbocycles. The fourth-order valence-corrected chi connectivity index (χ4v) is 3.58. The zero-order valence-electron chi connectivity index (χ0n) is 10.2. The molecule has 0 aliphatic heterocycles. The fraction of sp³-hybridized carbons (Fsp3) is 1.00. The minimum Gasteiger partial charge on any atom is -0.327 e. The van der Waals surface area contributed by atoms with E-state index in [0.29, 0.717) is 6.04 Å². The third kappa shape index (κ3) is 6.47. The van der Waals surface area contributed by atoms with Gasteiger partial charge in [0.05, 0.1) is 0 Å². The van der Waals surface area contributed by atoms with Crippen LogP contribution in [0.3, 0.4) is 0 Å². The summed E-state index contributed by atoms with van der Waals surface area (Å²) in [7, 11) is 0. The van der Waals surface area contributed by atoms with E-state index in [2.05, 4.69) is 18.7 Å². The summed E-state index contributed by atoms with van der Waals surface area (Å²) in [5.41, 5.74) is 6.11. The van der Waals surface area contributed by atoms with Crippen LogP contribution in [0.2, 0.25) is 0 Å². The van der Waals surface area contributed by atoms with Crippen LogP contribution < -0.4 is 5.73 Å². The molecule has 0 aromatic heterocycles. The molecule has 0 aromatic carbocycles. The molecule has 0 saturated heterocycles. The molecule has 0 bridgehead atoms. The van der Waals surface area contributed by atoms with Gasteiger partial charge in [0, 0.05) is 17.0 Å². The normalized spacial score (nSPS) is 19.6. The monoisotopic (exact) mass is 229 g/mol. The van der Waals surface area contributed by atoms with E-state index in [1.54, 1.807) is 0 Å². The smallest absolute Gasteiger partial charge is 0.0130 e. The largest absolute Gasteiger partial charge is 0.327 e. The van der Waals surface area contributed by atoms with E-state index < -0.39 is 0 Å². The van der Waals surface area contributed by atoms with Gasteiger partial charge in [0.1, 0.15) is 0 Å². The summed E-state index contributed by atoms with van der Waals surface area (Å²) in [5.74, 6) is 1.19. The number of rotatable bonds is 8. The predicted molar refractivity (Wildman–Crippen MR) is 71.4 cm³/mol. The number of hydrogen-bond acceptors (Lipinski definition) is 2. The Labute approximate surface area is 99.6 Å². The molecule has 0 amide bonds. The van der Waals surface area contributed by atoms with Crippen LogP contribution in [0.5, 0.6) is 0 Å². The van der Waals surface area contributed by atoms with Crippen LogP contribution in [-0.2, 0) is 0 Å². The second-order valence-electron chi connectivity index (χ2n) is 4.85. The first-order valence-electron chi connectivity index (χ1n) is 6.70. The van der Waals surface area contributed by atoms with Gasteiger partial charge in [-0.25, -0.2) is 0 Å². The highest BCUT2D eigenvalue weighted by Crippen LogP contribution is 2.29. The highest BCUT2D eigenvalue weighted by atomic mass is 32.2. The minimum absolute atomic E-state index is 0.451. The Morgan fingerprint density at radius 2 is 1.93 bits per heavy atom. The van der Waals surface area contributed by atoms with Gasteiger partial charge in [-0.1, -0.05) is 45.4 Å². The van der Waals surface area contributed by atoms with Crippen LogP contribution in [0.4, 0.5) is 0 Å². The molecule has 2 heteroatoms. The van der Waals surface area contributed by atoms with Crippen molar-refractivity contribution in [2.45, 2.75) is 76.0 Å². The first-order chi connectivity index (χ1) is 7.33. The molecule has 2 N–H and O–H groups in total. The van der Waals surface area contributed by atoms with Crippen molar-refractivity contribution >= 4 is 11.8 Å². The second kappa shape index (κ2) is 8.46. The van der Waals surface area contributed by atoms with Crippen LogP contribution in [0.25, 0.3) is 0 Å². The number of nitrogens with two attached hydrogens (primary N) is 1. The lowest BCUT2D eigenvalue weighted by Gasteiger charge is -2.14. The summed E-state index contributed by atoms with van der Waals surface area (Å²) in [5, 5.41) is 0.937. The van der Waals surface area contributed by atoms with Gasteiger partial charge in [-0.3, -0.25) is 0 Å². The summed E-state index contributed by atoms with van der Waals surface area (Å²) < 4.78 is 0. The molecule has 1 unspecified atom stereocenters. The molecule has 0 radical (unpaired) electrons. The van der Waals surface area contributed by atoms with Crippen LogP contribution in [0.15, 0.2) is 0 Å². The van der Waals surface area contributed by atoms with E-state index in [1.165, 1.54) is 63.5 Å². The predicted octanol–water partition coefficient (Wildman–Crippen LogP) is 3.96. The van der Waals surface area contributed by atoms with Crippen LogP contribution in [-0.4, -0.2) is 17.0 Å². The lowest BCUT2D eigenvalue weighted by molar-refractivity contribution is 0.579. The van der Waals surface area contributed by atoms with Gasteiger partial charge in [-0.05, 0) is 19.3 Å². The van der Waals surface area contributed by atoms with Crippen molar-refractivity contribution < 1.29 is 0 Å².